The third kappa shape index (κ3) is 20.2. The molecule has 6 aliphatic rings. The fourth-order valence-electron chi connectivity index (χ4n) is 11.2. The van der Waals surface area contributed by atoms with Gasteiger partial charge in [0.05, 0.1) is 46.2 Å². The quantitative estimate of drug-likeness (QED) is 0.0188. The molecule has 0 bridgehead atoms. The lowest BCUT2D eigenvalue weighted by Crippen LogP contribution is -2.69. The lowest BCUT2D eigenvalue weighted by atomic mass is 9.95. The molecule has 6 rings (SSSR count). The monoisotopic (exact) mass is 1440 g/mol. The molecule has 0 aliphatic carbocycles. The van der Waals surface area contributed by atoms with Crippen LogP contribution in [0.25, 0.3) is 0 Å². The van der Waals surface area contributed by atoms with Crippen molar-refractivity contribution in [3.05, 3.63) is 0 Å². The number of carbonyl (C=O) groups excluding carboxylic acids is 6. The Hall–Kier alpha value is -3.92. The van der Waals surface area contributed by atoms with Crippen molar-refractivity contribution in [1.29, 1.82) is 0 Å². The van der Waals surface area contributed by atoms with E-state index in [4.69, 9.17) is 85.4 Å². The van der Waals surface area contributed by atoms with Crippen LogP contribution >= 0.6 is 15.6 Å². The van der Waals surface area contributed by atoms with Gasteiger partial charge in [0.2, 0.25) is 17.7 Å². The first kappa shape index (κ1) is 81.0. The average Bonchev–Trinajstić information content (AvgIpc) is 0.774. The fraction of sp³-hybridized carbons (Fsp3) is 0.880. The van der Waals surface area contributed by atoms with Gasteiger partial charge in [-0.05, 0) is 0 Å². The molecule has 44 nitrogen and oxygen atoms in total. The summed E-state index contributed by atoms with van der Waals surface area (Å²) < 4.78 is 122. The minimum atomic E-state index is -6.01. The molecule has 0 aromatic carbocycles. The van der Waals surface area contributed by atoms with Crippen LogP contribution in [0.1, 0.15) is 41.5 Å². The van der Waals surface area contributed by atoms with Crippen LogP contribution in [0.15, 0.2) is 0 Å². The maximum absolute atomic E-state index is 14.2. The first-order chi connectivity index (χ1) is 45.1. The predicted octanol–water partition coefficient (Wildman–Crippen LogP) is -11.7. The number of phosphoric acid groups is 2. The van der Waals surface area contributed by atoms with E-state index in [2.05, 4.69) is 16.0 Å². The Kier molecular flexibility index (Phi) is 30.1. The second-order valence-electron chi connectivity index (χ2n) is 22.4. The largest absolute Gasteiger partial charge is 0.475 e. The van der Waals surface area contributed by atoms with Gasteiger partial charge in [-0.2, -0.15) is 0 Å². The number of ether oxygens (including phenoxy) is 13. The Morgan fingerprint density at radius 1 is 0.365 bits per heavy atom. The Morgan fingerprint density at radius 2 is 0.625 bits per heavy atom. The molecule has 0 aromatic rings. The van der Waals surface area contributed by atoms with Crippen molar-refractivity contribution >= 4 is 51.3 Å². The van der Waals surface area contributed by atoms with Crippen molar-refractivity contribution < 1.29 is 194 Å². The zero-order chi connectivity index (χ0) is 71.6. The third-order valence-electron chi connectivity index (χ3n) is 15.2. The van der Waals surface area contributed by atoms with Crippen LogP contribution in [0.3, 0.4) is 0 Å². The Morgan fingerprint density at radius 3 is 0.917 bits per heavy atom. The van der Waals surface area contributed by atoms with Crippen LogP contribution < -0.4 is 21.7 Å². The highest BCUT2D eigenvalue weighted by Gasteiger charge is 2.60. The van der Waals surface area contributed by atoms with Gasteiger partial charge in [-0.25, -0.2) is 9.13 Å². The zero-order valence-corrected chi connectivity index (χ0v) is 53.7. The van der Waals surface area contributed by atoms with Gasteiger partial charge < -0.3 is 159 Å². The summed E-state index contributed by atoms with van der Waals surface area (Å²) in [5, 5.41) is 148. The van der Waals surface area contributed by atoms with E-state index in [9.17, 15) is 114 Å². The third-order valence-corrected chi connectivity index (χ3v) is 17.2. The van der Waals surface area contributed by atoms with Gasteiger partial charge in [0.25, 0.3) is 0 Å². The highest BCUT2D eigenvalue weighted by atomic mass is 31.2. The number of hydrogen-bond acceptors (Lipinski definition) is 39. The summed E-state index contributed by atoms with van der Waals surface area (Å²) in [5.41, 5.74) is 5.51. The van der Waals surface area contributed by atoms with Gasteiger partial charge in [-0.15, -0.1) is 0 Å². The molecule has 46 heteroatoms. The van der Waals surface area contributed by atoms with E-state index in [0.717, 1.165) is 41.5 Å². The van der Waals surface area contributed by atoms with Crippen LogP contribution in [-0.4, -0.2) is 349 Å². The van der Waals surface area contributed by atoms with E-state index in [-0.39, 0.29) is 13.2 Å². The minimum absolute atomic E-state index is 0.0833. The van der Waals surface area contributed by atoms with E-state index in [1.165, 1.54) is 0 Å². The number of aliphatic hydroxyl groups excluding tert-OH is 13. The topological polar surface area (TPSA) is 659 Å². The molecule has 3 amide bonds. The van der Waals surface area contributed by atoms with Crippen molar-refractivity contribution in [2.24, 2.45) is 5.73 Å². The number of nitrogens with one attached hydrogen (secondary N) is 3. The molecular formula is C50H84N4O40P2. The number of phosphoric ester groups is 2. The molecule has 6 heterocycles. The van der Waals surface area contributed by atoms with Crippen LogP contribution in [0, 0.1) is 0 Å². The number of esters is 3. The first-order valence-corrected chi connectivity index (χ1v) is 32.4. The van der Waals surface area contributed by atoms with Crippen LogP contribution in [0.4, 0.5) is 0 Å². The maximum Gasteiger partial charge on any atom is 0.475 e. The molecule has 96 heavy (non-hydrogen) atoms. The summed E-state index contributed by atoms with van der Waals surface area (Å²) in [4.78, 5) is 98.6. The van der Waals surface area contributed by atoms with Crippen LogP contribution in [0.2, 0.25) is 0 Å². The summed E-state index contributed by atoms with van der Waals surface area (Å²) >= 11 is 0. The van der Waals surface area contributed by atoms with Gasteiger partial charge >= 0.3 is 33.6 Å². The van der Waals surface area contributed by atoms with Crippen molar-refractivity contribution in [1.82, 2.24) is 16.0 Å². The van der Waals surface area contributed by atoms with Crippen molar-refractivity contribution in [3.8, 4) is 0 Å². The molecule has 0 saturated carbocycles. The van der Waals surface area contributed by atoms with Crippen molar-refractivity contribution in [2.45, 2.75) is 226 Å². The summed E-state index contributed by atoms with van der Waals surface area (Å²) in [6.07, 6.45) is -56.3. The smallest absolute Gasteiger partial charge is 0.457 e. The Bertz CT molecular complexity index is 2680. The van der Waals surface area contributed by atoms with Gasteiger partial charge in [0.1, 0.15) is 128 Å². The molecule has 2 unspecified atom stereocenters. The molecule has 0 aromatic heterocycles. The van der Waals surface area contributed by atoms with E-state index in [1.54, 1.807) is 0 Å². The Balaban J connectivity index is 1.25. The molecule has 6 fully saturated rings. The summed E-state index contributed by atoms with van der Waals surface area (Å²) in [6.45, 7) is -1.77. The Labute approximate surface area is 543 Å². The van der Waals surface area contributed by atoms with Crippen LogP contribution in [0.5, 0.6) is 0 Å². The second kappa shape index (κ2) is 35.6. The van der Waals surface area contributed by atoms with Crippen LogP contribution in [-0.2, 0) is 118 Å². The summed E-state index contributed by atoms with van der Waals surface area (Å²) in [6, 6.07) is -5.65. The molecule has 20 N–H and O–H groups in total. The first-order valence-electron chi connectivity index (χ1n) is 29.4. The zero-order valence-electron chi connectivity index (χ0n) is 51.9. The minimum Gasteiger partial charge on any atom is -0.457 e. The molecule has 0 spiro atoms. The fourth-order valence-corrected chi connectivity index (χ4v) is 13.3. The second-order valence-corrected chi connectivity index (χ2v) is 25.2. The highest BCUT2D eigenvalue weighted by molar-refractivity contribution is 7.47. The number of carbonyl (C=O) groups is 6. The molecule has 0 radical (unpaired) electrons. The van der Waals surface area contributed by atoms with Gasteiger partial charge in [0, 0.05) is 48.1 Å². The van der Waals surface area contributed by atoms with E-state index in [0.29, 0.717) is 0 Å². The number of nitrogens with two attached hydrogens (primary N) is 1. The van der Waals surface area contributed by atoms with Gasteiger partial charge in [-0.3, -0.25) is 46.9 Å². The number of rotatable bonds is 29. The highest BCUT2D eigenvalue weighted by Crippen LogP contribution is 2.52. The molecular weight excluding hydrogens is 1360 g/mol. The van der Waals surface area contributed by atoms with E-state index < -0.39 is 275 Å². The molecule has 32 atom stereocenters. The van der Waals surface area contributed by atoms with Crippen molar-refractivity contribution in [3.63, 3.8) is 0 Å². The summed E-state index contributed by atoms with van der Waals surface area (Å²) in [5.74, 6) is -6.26. The number of hydrogen-bond donors (Lipinski definition) is 19. The lowest BCUT2D eigenvalue weighted by molar-refractivity contribution is -0.348. The lowest BCUT2D eigenvalue weighted by Gasteiger charge is -2.49. The standard InChI is InChI=1S/C50H84N4O40P2/c1-15(61)52-27-39(79-18(4)64)30(67)21(9-55)82-45(27)89-43-32(69)23(11-57)84-49(35(43)72)93-95(74,75)92-38-26(14-60)87-47(29(54-17(3)63)41(38)81-20(6)66)90-44-33(70)24(12-58)85-50(36(44)73)94-96(76,77)91-37-25(13-59)86-46(28(53-16(2)62)40(37)80-19(5)65)88-42-31(68)22(10-56)83-48(34(42)71)78-8-7-51/h21-50,55-60,67-73H,7-14,51H2,1-6H3,(H,52,61)(H,53,62)(H,54,63)(H,74,75)(H,76,77)/t21-,22-,23-,24-,25-,26-,27-,28-,29-,30-,31+,32+,33+,34-,35-,36-,37-,38-,39-,40-,41-,42+,43+,44+,45+,46+,47+,48+,49-,50-/m1/s1. The molecule has 6 aliphatic heterocycles. The van der Waals surface area contributed by atoms with Gasteiger partial charge in [0.15, 0.2) is 56.1 Å². The molecule has 554 valence electrons. The van der Waals surface area contributed by atoms with E-state index in [1.807, 2.05) is 0 Å². The maximum atomic E-state index is 14.2. The number of amides is 3. The van der Waals surface area contributed by atoms with Gasteiger partial charge in [-0.1, -0.05) is 0 Å². The van der Waals surface area contributed by atoms with Crippen molar-refractivity contribution in [2.75, 3.05) is 52.8 Å². The number of aliphatic hydroxyl groups is 13. The predicted molar refractivity (Wildman–Crippen MR) is 297 cm³/mol. The van der Waals surface area contributed by atoms with E-state index >= 15 is 0 Å². The SMILES string of the molecule is CC(=O)N[C@H]1[C@H](O[C@H]2[C@@H](O)[C@@H](CO)O[C@H](OP(=O)(O)O[C@H]3[C@H](OC(C)=O)[C@@H](NC(C)=O)[C@H](O[C@H]4[C@@H](O)[C@@H](CO)O[C@H](OCCN)[C@@H]4O)O[C@@H]3CO)[C@@H]2O)O[C@H](CO)[C@@H](OP(=O)(O)O[C@H]2O[C@H](CO)[C@H](O)[C@H](O[C@@H]3O[C@H](CO)[C@@H](O)[C@H](OC(C)=O)[C@H]3NC(C)=O)[C@H]2O)[C@@H]1OC(C)=O. The normalized spacial score (nSPS) is 41.7. The molecule has 6 saturated heterocycles. The summed E-state index contributed by atoms with van der Waals surface area (Å²) in [7, 11) is -12.0. The average molecular weight is 1440 g/mol.